The maximum atomic E-state index is 5.14. The van der Waals surface area contributed by atoms with Crippen molar-refractivity contribution in [3.05, 3.63) is 46.6 Å². The Morgan fingerprint density at radius 3 is 2.69 bits per heavy atom. The third-order valence-corrected chi connectivity index (χ3v) is 1.86. The number of nitrogens with one attached hydrogen (secondary N) is 1. The summed E-state index contributed by atoms with van der Waals surface area (Å²) in [5.41, 5.74) is 1.16. The van der Waals surface area contributed by atoms with Gasteiger partial charge in [0, 0.05) is 0 Å². The van der Waals surface area contributed by atoms with Gasteiger partial charge < -0.3 is 4.42 Å². The Bertz CT molecular complexity index is 432. The Kier molecular flexibility index (Phi) is 2.23. The number of H-pyrrole nitrogens is 1. The molecule has 2 rings (SSSR count). The molecule has 0 saturated carbocycles. The molecule has 3 nitrogen and oxygen atoms in total. The fraction of sp³-hybridized carbons (Fsp3) is 0.111. The van der Waals surface area contributed by atoms with Crippen molar-refractivity contribution in [2.24, 2.45) is 0 Å². The van der Waals surface area contributed by atoms with E-state index in [-0.39, 0.29) is 0 Å². The van der Waals surface area contributed by atoms with Crippen LogP contribution in [0.5, 0.6) is 0 Å². The quantitative estimate of drug-likeness (QED) is 0.742. The van der Waals surface area contributed by atoms with E-state index in [1.807, 2.05) is 30.3 Å². The van der Waals surface area contributed by atoms with Gasteiger partial charge in [0.1, 0.15) is 0 Å². The number of hydrogen-bond acceptors (Lipinski definition) is 3. The van der Waals surface area contributed by atoms with E-state index in [2.05, 4.69) is 10.2 Å². The van der Waals surface area contributed by atoms with Crippen molar-refractivity contribution in [3.63, 3.8) is 0 Å². The highest BCUT2D eigenvalue weighted by molar-refractivity contribution is 7.71. The van der Waals surface area contributed by atoms with Crippen LogP contribution in [0.25, 0.3) is 0 Å². The minimum absolute atomic E-state index is 0.325. The lowest BCUT2D eigenvalue weighted by atomic mass is 10.2. The first-order chi connectivity index (χ1) is 6.34. The summed E-state index contributed by atoms with van der Waals surface area (Å²) in [6.45, 7) is 0. The van der Waals surface area contributed by atoms with E-state index in [0.717, 1.165) is 5.56 Å². The molecule has 1 N–H and O–H groups in total. The van der Waals surface area contributed by atoms with Crippen LogP contribution in [-0.2, 0) is 6.42 Å². The Balaban J connectivity index is 2.20. The minimum atomic E-state index is 0.325. The van der Waals surface area contributed by atoms with Crippen LogP contribution in [0, 0.1) is 4.84 Å². The van der Waals surface area contributed by atoms with Gasteiger partial charge in [0.2, 0.25) is 5.89 Å². The molecule has 0 aliphatic heterocycles. The van der Waals surface area contributed by atoms with Gasteiger partial charge in [0.25, 0.3) is 4.84 Å². The van der Waals surface area contributed by atoms with Gasteiger partial charge in [0.15, 0.2) is 0 Å². The summed E-state index contributed by atoms with van der Waals surface area (Å²) in [6, 6.07) is 9.98. The molecular formula is C9H8N2OS. The van der Waals surface area contributed by atoms with Crippen molar-refractivity contribution in [3.8, 4) is 0 Å². The maximum absolute atomic E-state index is 5.14. The van der Waals surface area contributed by atoms with Crippen LogP contribution in [-0.4, -0.2) is 10.2 Å². The maximum Gasteiger partial charge on any atom is 0.284 e. The van der Waals surface area contributed by atoms with E-state index in [1.54, 1.807) is 0 Å². The molecule has 0 unspecified atom stereocenters. The highest BCUT2D eigenvalue weighted by Gasteiger charge is 1.99. The van der Waals surface area contributed by atoms with Crippen molar-refractivity contribution in [2.45, 2.75) is 6.42 Å². The highest BCUT2D eigenvalue weighted by Crippen LogP contribution is 2.05. The van der Waals surface area contributed by atoms with Gasteiger partial charge in [-0.3, -0.25) is 0 Å². The first kappa shape index (κ1) is 8.19. The molecule has 0 saturated heterocycles. The molecule has 1 aromatic heterocycles. The van der Waals surface area contributed by atoms with Gasteiger partial charge in [0.05, 0.1) is 6.42 Å². The molecular weight excluding hydrogens is 184 g/mol. The fourth-order valence-electron chi connectivity index (χ4n) is 1.11. The second-order valence-electron chi connectivity index (χ2n) is 2.67. The zero-order chi connectivity index (χ0) is 9.10. The van der Waals surface area contributed by atoms with Crippen LogP contribution in [0.4, 0.5) is 0 Å². The Morgan fingerprint density at radius 2 is 2.08 bits per heavy atom. The first-order valence-corrected chi connectivity index (χ1v) is 4.34. The predicted molar refractivity (Wildman–Crippen MR) is 50.9 cm³/mol. The zero-order valence-corrected chi connectivity index (χ0v) is 7.67. The zero-order valence-electron chi connectivity index (χ0n) is 6.86. The van der Waals surface area contributed by atoms with Crippen LogP contribution >= 0.6 is 12.2 Å². The summed E-state index contributed by atoms with van der Waals surface area (Å²) >= 11 is 4.76. The van der Waals surface area contributed by atoms with Gasteiger partial charge in [-0.15, -0.1) is 5.10 Å². The predicted octanol–water partition coefficient (Wildman–Crippen LogP) is 2.32. The number of aromatic amines is 1. The monoisotopic (exact) mass is 192 g/mol. The Morgan fingerprint density at radius 1 is 1.31 bits per heavy atom. The molecule has 0 spiro atoms. The lowest BCUT2D eigenvalue weighted by molar-refractivity contribution is 0.491. The third-order valence-electron chi connectivity index (χ3n) is 1.68. The molecule has 2 aromatic rings. The number of hydrogen-bond donors (Lipinski definition) is 1. The second kappa shape index (κ2) is 3.53. The van der Waals surface area contributed by atoms with Crippen molar-refractivity contribution in [2.75, 3.05) is 0 Å². The summed E-state index contributed by atoms with van der Waals surface area (Å²) in [7, 11) is 0. The minimum Gasteiger partial charge on any atom is -0.414 e. The van der Waals surface area contributed by atoms with Crippen molar-refractivity contribution < 1.29 is 4.42 Å². The van der Waals surface area contributed by atoms with Crippen LogP contribution in [0.1, 0.15) is 11.5 Å². The van der Waals surface area contributed by atoms with E-state index in [0.29, 0.717) is 17.1 Å². The van der Waals surface area contributed by atoms with E-state index in [4.69, 9.17) is 16.6 Å². The normalized spacial score (nSPS) is 10.2. The number of aromatic nitrogens is 2. The molecule has 0 aliphatic rings. The molecule has 0 atom stereocenters. The number of nitrogens with zero attached hydrogens (tertiary/aromatic N) is 1. The second-order valence-corrected chi connectivity index (χ2v) is 3.04. The summed E-state index contributed by atoms with van der Waals surface area (Å²) in [6.07, 6.45) is 0.675. The fourth-order valence-corrected chi connectivity index (χ4v) is 1.25. The number of benzene rings is 1. The summed E-state index contributed by atoms with van der Waals surface area (Å²) in [4.78, 5) is 0.325. The van der Waals surface area contributed by atoms with Gasteiger partial charge in [-0.2, -0.15) is 0 Å². The molecule has 0 amide bonds. The van der Waals surface area contributed by atoms with E-state index < -0.39 is 0 Å². The molecule has 0 bridgehead atoms. The molecule has 4 heteroatoms. The SMILES string of the molecule is S=c1[nH]nc(Cc2ccccc2)o1. The van der Waals surface area contributed by atoms with Crippen molar-refractivity contribution in [1.29, 1.82) is 0 Å². The van der Waals surface area contributed by atoms with Gasteiger partial charge >= 0.3 is 0 Å². The van der Waals surface area contributed by atoms with Crippen LogP contribution in [0.2, 0.25) is 0 Å². The van der Waals surface area contributed by atoms with Gasteiger partial charge in [-0.25, -0.2) is 5.10 Å². The average Bonchev–Trinajstić information content (AvgIpc) is 2.53. The molecule has 0 radical (unpaired) electrons. The summed E-state index contributed by atoms with van der Waals surface area (Å²) in [5, 5.41) is 6.50. The molecule has 13 heavy (non-hydrogen) atoms. The van der Waals surface area contributed by atoms with Crippen LogP contribution in [0.3, 0.4) is 0 Å². The Hall–Kier alpha value is -1.42. The van der Waals surface area contributed by atoms with Gasteiger partial charge in [-0.1, -0.05) is 30.3 Å². The molecule has 66 valence electrons. The van der Waals surface area contributed by atoms with Crippen LogP contribution < -0.4 is 0 Å². The molecule has 1 aromatic carbocycles. The first-order valence-electron chi connectivity index (χ1n) is 3.93. The summed E-state index contributed by atoms with van der Waals surface area (Å²) < 4.78 is 5.14. The third kappa shape index (κ3) is 2.03. The largest absolute Gasteiger partial charge is 0.414 e. The molecule has 0 aliphatic carbocycles. The standard InChI is InChI=1S/C9H8N2OS/c13-9-11-10-8(12-9)6-7-4-2-1-3-5-7/h1-5H,6H2,(H,11,13). The lowest BCUT2D eigenvalue weighted by Crippen LogP contribution is -1.87. The molecule has 0 fully saturated rings. The van der Waals surface area contributed by atoms with Crippen LogP contribution in [0.15, 0.2) is 34.7 Å². The number of rotatable bonds is 2. The van der Waals surface area contributed by atoms with Gasteiger partial charge in [-0.05, 0) is 17.8 Å². The smallest absolute Gasteiger partial charge is 0.284 e. The lowest BCUT2D eigenvalue weighted by Gasteiger charge is -1.93. The van der Waals surface area contributed by atoms with Crippen molar-refractivity contribution in [1.82, 2.24) is 10.2 Å². The van der Waals surface area contributed by atoms with E-state index in [9.17, 15) is 0 Å². The Labute approximate surface area is 80.4 Å². The van der Waals surface area contributed by atoms with E-state index in [1.165, 1.54) is 0 Å². The van der Waals surface area contributed by atoms with E-state index >= 15 is 0 Å². The topological polar surface area (TPSA) is 41.8 Å². The summed E-state index contributed by atoms with van der Waals surface area (Å²) in [5.74, 6) is 0.621. The molecule has 1 heterocycles. The average molecular weight is 192 g/mol. The van der Waals surface area contributed by atoms with Crippen molar-refractivity contribution >= 4 is 12.2 Å². The highest BCUT2D eigenvalue weighted by atomic mass is 32.1.